The molecule has 1 aliphatic rings. The summed E-state index contributed by atoms with van der Waals surface area (Å²) in [5.41, 5.74) is 0.992. The molecule has 0 spiro atoms. The van der Waals surface area contributed by atoms with Gasteiger partial charge in [-0.25, -0.2) is 0 Å². The van der Waals surface area contributed by atoms with E-state index < -0.39 is 0 Å². The van der Waals surface area contributed by atoms with Gasteiger partial charge in [-0.2, -0.15) is 0 Å². The van der Waals surface area contributed by atoms with E-state index in [1.54, 1.807) is 4.90 Å². The first-order valence-electron chi connectivity index (χ1n) is 9.36. The minimum atomic E-state index is -0.286. The van der Waals surface area contributed by atoms with Gasteiger partial charge in [0.05, 0.1) is 6.04 Å². The molecule has 26 heavy (non-hydrogen) atoms. The Bertz CT molecular complexity index is 589. The van der Waals surface area contributed by atoms with E-state index in [0.29, 0.717) is 6.54 Å². The molecule has 6 heteroatoms. The molecule has 2 atom stereocenters. The van der Waals surface area contributed by atoms with Gasteiger partial charge in [-0.15, -0.1) is 0 Å². The quantitative estimate of drug-likeness (QED) is 0.711. The smallest absolute Gasteiger partial charge is 0.241 e. The molecule has 1 heterocycles. The summed E-state index contributed by atoms with van der Waals surface area (Å²) in [6.45, 7) is 2.42. The van der Waals surface area contributed by atoms with Crippen LogP contribution in [0.1, 0.15) is 30.9 Å². The molecule has 1 aliphatic heterocycles. The van der Waals surface area contributed by atoms with E-state index in [2.05, 4.69) is 10.2 Å². The number of nitrogens with zero attached hydrogens (tertiary/aromatic N) is 3. The number of carbonyl (C=O) groups is 2. The fourth-order valence-corrected chi connectivity index (χ4v) is 3.58. The highest BCUT2D eigenvalue weighted by molar-refractivity contribution is 5.83. The van der Waals surface area contributed by atoms with Crippen LogP contribution in [-0.2, 0) is 9.59 Å². The number of nitrogens with one attached hydrogen (secondary N) is 1. The monoisotopic (exact) mass is 360 g/mol. The van der Waals surface area contributed by atoms with E-state index in [4.69, 9.17) is 0 Å². The van der Waals surface area contributed by atoms with Gasteiger partial charge in [-0.1, -0.05) is 30.3 Å². The Balaban J connectivity index is 1.81. The van der Waals surface area contributed by atoms with Crippen LogP contribution in [0.4, 0.5) is 0 Å². The maximum absolute atomic E-state index is 12.6. The number of likely N-dealkylation sites (tertiary alicyclic amines) is 1. The second-order valence-electron chi connectivity index (χ2n) is 7.35. The molecule has 0 aliphatic carbocycles. The molecule has 1 saturated heterocycles. The summed E-state index contributed by atoms with van der Waals surface area (Å²) in [5.74, 6) is 0.201. The van der Waals surface area contributed by atoms with Gasteiger partial charge in [0.2, 0.25) is 11.8 Å². The van der Waals surface area contributed by atoms with E-state index in [-0.39, 0.29) is 23.9 Å². The summed E-state index contributed by atoms with van der Waals surface area (Å²) in [6.07, 6.45) is 2.84. The molecule has 6 nitrogen and oxygen atoms in total. The number of benzene rings is 1. The molecule has 0 aromatic heterocycles. The van der Waals surface area contributed by atoms with E-state index >= 15 is 0 Å². The third-order valence-electron chi connectivity index (χ3n) is 4.89. The fraction of sp³-hybridized carbons (Fsp3) is 0.600. The molecule has 0 saturated carbocycles. The molecule has 2 unspecified atom stereocenters. The van der Waals surface area contributed by atoms with E-state index in [9.17, 15) is 9.59 Å². The van der Waals surface area contributed by atoms with Gasteiger partial charge >= 0.3 is 0 Å². The zero-order valence-corrected chi connectivity index (χ0v) is 16.4. The van der Waals surface area contributed by atoms with Crippen molar-refractivity contribution in [2.75, 3.05) is 47.8 Å². The molecular weight excluding hydrogens is 328 g/mol. The largest absolute Gasteiger partial charge is 0.354 e. The van der Waals surface area contributed by atoms with Crippen LogP contribution in [0.15, 0.2) is 30.3 Å². The van der Waals surface area contributed by atoms with Crippen molar-refractivity contribution in [1.29, 1.82) is 0 Å². The van der Waals surface area contributed by atoms with Gasteiger partial charge in [0.15, 0.2) is 0 Å². The Morgan fingerprint density at radius 3 is 2.50 bits per heavy atom. The summed E-state index contributed by atoms with van der Waals surface area (Å²) in [4.78, 5) is 30.7. The minimum Gasteiger partial charge on any atom is -0.354 e. The highest BCUT2D eigenvalue weighted by Crippen LogP contribution is 2.19. The van der Waals surface area contributed by atoms with Crippen molar-refractivity contribution >= 4 is 11.8 Å². The first kappa shape index (κ1) is 20.4. The second-order valence-corrected chi connectivity index (χ2v) is 7.35. The molecular formula is C20H32N4O2. The summed E-state index contributed by atoms with van der Waals surface area (Å²) >= 11 is 0. The summed E-state index contributed by atoms with van der Waals surface area (Å²) in [7, 11) is 7.45. The molecule has 2 amide bonds. The lowest BCUT2D eigenvalue weighted by Crippen LogP contribution is -2.44. The van der Waals surface area contributed by atoms with Crippen molar-refractivity contribution in [2.45, 2.75) is 31.3 Å². The normalized spacial score (nSPS) is 18.7. The Labute approximate surface area is 157 Å². The average Bonchev–Trinajstić information content (AvgIpc) is 3.07. The zero-order valence-electron chi connectivity index (χ0n) is 16.4. The standard InChI is InChI=1S/C20H32N4O2/c1-22(2)18(16-10-6-5-7-11-16)19(25)21-13-9-15-24-14-8-12-17(24)20(26)23(3)4/h5-7,10-11,17-18H,8-9,12-15H2,1-4H3,(H,21,25). The Hall–Kier alpha value is -1.92. The van der Waals surface area contributed by atoms with Gasteiger partial charge in [0.1, 0.15) is 6.04 Å². The highest BCUT2D eigenvalue weighted by atomic mass is 16.2. The molecule has 1 aromatic carbocycles. The third-order valence-corrected chi connectivity index (χ3v) is 4.89. The van der Waals surface area contributed by atoms with Crippen LogP contribution in [0.3, 0.4) is 0 Å². The molecule has 144 valence electrons. The summed E-state index contributed by atoms with van der Waals surface area (Å²) in [5, 5.41) is 3.05. The van der Waals surface area contributed by atoms with Crippen molar-refractivity contribution in [3.63, 3.8) is 0 Å². The Kier molecular flexibility index (Phi) is 7.60. The molecule has 0 radical (unpaired) electrons. The molecule has 1 aromatic rings. The van der Waals surface area contributed by atoms with Crippen molar-refractivity contribution in [1.82, 2.24) is 20.0 Å². The molecule has 1 N–H and O–H groups in total. The first-order chi connectivity index (χ1) is 12.4. The lowest BCUT2D eigenvalue weighted by molar-refractivity contribution is -0.133. The number of likely N-dealkylation sites (N-methyl/N-ethyl adjacent to an activating group) is 2. The predicted molar refractivity (Wildman–Crippen MR) is 104 cm³/mol. The second kappa shape index (κ2) is 9.69. The van der Waals surface area contributed by atoms with Crippen molar-refractivity contribution in [2.24, 2.45) is 0 Å². The van der Waals surface area contributed by atoms with E-state index in [1.165, 1.54) is 0 Å². The van der Waals surface area contributed by atoms with Crippen LogP contribution in [-0.4, -0.2) is 80.4 Å². The summed E-state index contributed by atoms with van der Waals surface area (Å²) < 4.78 is 0. The Morgan fingerprint density at radius 2 is 1.88 bits per heavy atom. The van der Waals surface area contributed by atoms with Gasteiger partial charge in [0, 0.05) is 27.2 Å². The van der Waals surface area contributed by atoms with Crippen LogP contribution in [0.2, 0.25) is 0 Å². The lowest BCUT2D eigenvalue weighted by atomic mass is 10.1. The average molecular weight is 361 g/mol. The number of amides is 2. The number of rotatable bonds is 8. The zero-order chi connectivity index (χ0) is 19.1. The van der Waals surface area contributed by atoms with E-state index in [1.807, 2.05) is 63.4 Å². The van der Waals surface area contributed by atoms with Crippen LogP contribution < -0.4 is 5.32 Å². The van der Waals surface area contributed by atoms with Crippen LogP contribution in [0.25, 0.3) is 0 Å². The van der Waals surface area contributed by atoms with Crippen molar-refractivity contribution < 1.29 is 9.59 Å². The van der Waals surface area contributed by atoms with Gasteiger partial charge in [0.25, 0.3) is 0 Å². The highest BCUT2D eigenvalue weighted by Gasteiger charge is 2.31. The van der Waals surface area contributed by atoms with Gasteiger partial charge < -0.3 is 10.2 Å². The lowest BCUT2D eigenvalue weighted by Gasteiger charge is -2.26. The van der Waals surface area contributed by atoms with Crippen LogP contribution >= 0.6 is 0 Å². The number of hydrogen-bond donors (Lipinski definition) is 1. The van der Waals surface area contributed by atoms with Crippen LogP contribution in [0, 0.1) is 0 Å². The molecule has 1 fully saturated rings. The number of hydrogen-bond acceptors (Lipinski definition) is 4. The van der Waals surface area contributed by atoms with Crippen molar-refractivity contribution in [3.05, 3.63) is 35.9 Å². The van der Waals surface area contributed by atoms with E-state index in [0.717, 1.165) is 37.9 Å². The predicted octanol–water partition coefficient (Wildman–Crippen LogP) is 1.35. The maximum Gasteiger partial charge on any atom is 0.241 e. The molecule has 0 bridgehead atoms. The van der Waals surface area contributed by atoms with Crippen molar-refractivity contribution in [3.8, 4) is 0 Å². The SMILES string of the molecule is CN(C)C(=O)C1CCCN1CCCNC(=O)C(c1ccccc1)N(C)C. The van der Waals surface area contributed by atoms with Crippen LogP contribution in [0.5, 0.6) is 0 Å². The fourth-order valence-electron chi connectivity index (χ4n) is 3.58. The maximum atomic E-state index is 12.6. The van der Waals surface area contributed by atoms with Gasteiger partial charge in [-0.05, 0) is 45.5 Å². The first-order valence-corrected chi connectivity index (χ1v) is 9.36. The Morgan fingerprint density at radius 1 is 1.19 bits per heavy atom. The minimum absolute atomic E-state index is 0.000422. The summed E-state index contributed by atoms with van der Waals surface area (Å²) in [6, 6.07) is 9.53. The number of carbonyl (C=O) groups excluding carboxylic acids is 2. The third kappa shape index (κ3) is 5.29. The topological polar surface area (TPSA) is 55.9 Å². The van der Waals surface area contributed by atoms with Gasteiger partial charge in [-0.3, -0.25) is 19.4 Å². The molecule has 2 rings (SSSR count).